The molecule has 0 atom stereocenters. The van der Waals surface area contributed by atoms with Gasteiger partial charge in [-0.2, -0.15) is 0 Å². The molecule has 4 N–H and O–H groups in total. The second-order valence-corrected chi connectivity index (χ2v) is 9.09. The van der Waals surface area contributed by atoms with E-state index in [1.54, 1.807) is 7.05 Å². The summed E-state index contributed by atoms with van der Waals surface area (Å²) in [6.45, 7) is 0. The molecule has 0 unspecified atom stereocenters. The summed E-state index contributed by atoms with van der Waals surface area (Å²) in [5.74, 6) is -0.593. The molecule has 2 aliphatic carbocycles. The first kappa shape index (κ1) is 22.8. The number of fused-ring (bicyclic) bond motifs is 1. The second-order valence-electron chi connectivity index (χ2n) is 9.09. The normalized spacial score (nSPS) is 19.8. The van der Waals surface area contributed by atoms with Crippen LogP contribution in [-0.4, -0.2) is 66.8 Å². The Morgan fingerprint density at radius 1 is 1.09 bits per heavy atom. The summed E-state index contributed by atoms with van der Waals surface area (Å²) in [6.07, 6.45) is 8.17. The van der Waals surface area contributed by atoms with Crippen molar-refractivity contribution in [3.8, 4) is 0 Å². The van der Waals surface area contributed by atoms with Crippen molar-refractivity contribution in [3.05, 3.63) is 42.2 Å². The summed E-state index contributed by atoms with van der Waals surface area (Å²) in [4.78, 5) is 33.7. The Morgan fingerprint density at radius 2 is 1.80 bits per heavy atom. The number of nitrogens with zero attached hydrogens (tertiary/aromatic N) is 5. The number of anilines is 3. The van der Waals surface area contributed by atoms with Crippen molar-refractivity contribution in [2.75, 3.05) is 23.0 Å². The van der Waals surface area contributed by atoms with Gasteiger partial charge in [0.2, 0.25) is 0 Å². The van der Waals surface area contributed by atoms with Crippen molar-refractivity contribution in [1.82, 2.24) is 24.5 Å². The third-order valence-corrected chi connectivity index (χ3v) is 6.56. The third-order valence-electron chi connectivity index (χ3n) is 6.56. The highest BCUT2D eigenvalue weighted by atomic mass is 19.1. The van der Waals surface area contributed by atoms with E-state index in [9.17, 15) is 19.1 Å². The van der Waals surface area contributed by atoms with Gasteiger partial charge in [-0.25, -0.2) is 18.7 Å². The Kier molecular flexibility index (Phi) is 6.10. The van der Waals surface area contributed by atoms with Crippen LogP contribution in [0.3, 0.4) is 0 Å². The minimum atomic E-state index is -0.915. The number of aromatic nitrogens is 4. The number of nitrogens with one attached hydrogen (secondary N) is 3. The molecule has 0 spiro atoms. The molecule has 5 rings (SSSR count). The monoisotopic (exact) mass is 482 g/mol. The zero-order valence-corrected chi connectivity index (χ0v) is 19.2. The van der Waals surface area contributed by atoms with Crippen molar-refractivity contribution in [2.45, 2.75) is 56.7 Å². The third kappa shape index (κ3) is 4.96. The van der Waals surface area contributed by atoms with E-state index in [0.29, 0.717) is 17.5 Å². The molecule has 3 heterocycles. The molecular formula is C23H27FN8O3. The van der Waals surface area contributed by atoms with Gasteiger partial charge in [0, 0.05) is 37.4 Å². The number of carbonyl (C=O) groups excluding carboxylic acids is 1. The maximum atomic E-state index is 14.0. The molecular weight excluding hydrogens is 455 g/mol. The minimum Gasteiger partial charge on any atom is -0.465 e. The molecule has 0 aliphatic heterocycles. The van der Waals surface area contributed by atoms with Crippen molar-refractivity contribution >= 4 is 34.8 Å². The molecule has 11 nitrogen and oxygen atoms in total. The van der Waals surface area contributed by atoms with Gasteiger partial charge < -0.3 is 26.0 Å². The first-order valence-electron chi connectivity index (χ1n) is 11.7. The van der Waals surface area contributed by atoms with Crippen molar-refractivity contribution in [1.29, 1.82) is 0 Å². The van der Waals surface area contributed by atoms with E-state index in [1.165, 1.54) is 27.9 Å². The van der Waals surface area contributed by atoms with Gasteiger partial charge >= 0.3 is 6.09 Å². The van der Waals surface area contributed by atoms with Crippen LogP contribution < -0.4 is 16.0 Å². The molecule has 2 aliphatic rings. The molecule has 184 valence electrons. The number of pyridine rings is 1. The van der Waals surface area contributed by atoms with Gasteiger partial charge in [0.1, 0.15) is 5.82 Å². The maximum absolute atomic E-state index is 14.0. The van der Waals surface area contributed by atoms with Crippen LogP contribution in [-0.2, 0) is 0 Å². The topological polar surface area (TPSA) is 137 Å². The fraction of sp³-hybridized carbons (Fsp3) is 0.435. The number of hydrogen-bond donors (Lipinski definition) is 4. The number of rotatable bonds is 7. The van der Waals surface area contributed by atoms with Crippen LogP contribution in [0.1, 0.15) is 49.0 Å². The molecule has 0 aromatic carbocycles. The second kappa shape index (κ2) is 9.35. The molecule has 12 heteroatoms. The van der Waals surface area contributed by atoms with E-state index in [2.05, 4.69) is 31.0 Å². The summed E-state index contributed by atoms with van der Waals surface area (Å²) >= 11 is 0. The average Bonchev–Trinajstić information content (AvgIpc) is 3.55. The van der Waals surface area contributed by atoms with E-state index in [4.69, 9.17) is 0 Å². The summed E-state index contributed by atoms with van der Waals surface area (Å²) in [5.41, 5.74) is 1.46. The number of carboxylic acid groups (broad SMARTS) is 1. The highest BCUT2D eigenvalue weighted by Crippen LogP contribution is 2.30. The first-order chi connectivity index (χ1) is 16.9. The van der Waals surface area contributed by atoms with E-state index >= 15 is 0 Å². The standard InChI is InChI=1S/C23H27FN8O3/c1-31(23(34)35)15-6-4-14(5-7-15)28-20-10-18(27-13-2-3-13)21-26-12-19(32(21)30-20)22(33)29-17-8-9-25-11-16(17)24/h8-15,27H,2-7H2,1H3,(H,28,30)(H,34,35)(H,25,29,33). The SMILES string of the molecule is CN(C(=O)O)C1CCC(Nc2cc(NC3CC3)c3ncc(C(=O)Nc4ccncc4F)n3n2)CC1. The molecule has 2 saturated carbocycles. The molecule has 2 amide bonds. The van der Waals surface area contributed by atoms with Gasteiger partial charge in [0.25, 0.3) is 5.91 Å². The Balaban J connectivity index is 1.38. The van der Waals surface area contributed by atoms with E-state index in [0.717, 1.165) is 50.4 Å². The van der Waals surface area contributed by atoms with Crippen molar-refractivity contribution < 1.29 is 19.1 Å². The van der Waals surface area contributed by atoms with Crippen molar-refractivity contribution in [2.24, 2.45) is 0 Å². The minimum absolute atomic E-state index is 0.00520. The highest BCUT2D eigenvalue weighted by molar-refractivity contribution is 6.03. The maximum Gasteiger partial charge on any atom is 0.407 e. The fourth-order valence-electron chi connectivity index (χ4n) is 4.38. The van der Waals surface area contributed by atoms with Crippen LogP contribution >= 0.6 is 0 Å². The van der Waals surface area contributed by atoms with Crippen LogP contribution in [0.15, 0.2) is 30.7 Å². The van der Waals surface area contributed by atoms with E-state index in [1.807, 2.05) is 6.07 Å². The van der Waals surface area contributed by atoms with Gasteiger partial charge in [-0.15, -0.1) is 5.10 Å². The number of halogens is 1. The highest BCUT2D eigenvalue weighted by Gasteiger charge is 2.28. The quantitative estimate of drug-likeness (QED) is 0.402. The summed E-state index contributed by atoms with van der Waals surface area (Å²) in [5, 5.41) is 23.3. The average molecular weight is 483 g/mol. The van der Waals surface area contributed by atoms with Crippen LogP contribution in [0.25, 0.3) is 5.65 Å². The molecule has 0 radical (unpaired) electrons. The van der Waals surface area contributed by atoms with Gasteiger partial charge in [0.15, 0.2) is 17.2 Å². The lowest BCUT2D eigenvalue weighted by Gasteiger charge is -2.33. The van der Waals surface area contributed by atoms with Gasteiger partial charge in [-0.1, -0.05) is 0 Å². The first-order valence-corrected chi connectivity index (χ1v) is 11.7. The van der Waals surface area contributed by atoms with Gasteiger partial charge in [0.05, 0.1) is 23.8 Å². The number of imidazole rings is 1. The molecule has 0 saturated heterocycles. The van der Waals surface area contributed by atoms with Crippen LogP contribution in [0.4, 0.5) is 26.4 Å². The zero-order chi connectivity index (χ0) is 24.5. The molecule has 3 aromatic rings. The number of hydrogen-bond acceptors (Lipinski definition) is 7. The number of amides is 2. The van der Waals surface area contributed by atoms with E-state index < -0.39 is 17.8 Å². The Bertz CT molecular complexity index is 1250. The lowest BCUT2D eigenvalue weighted by atomic mass is 9.90. The fourth-order valence-corrected chi connectivity index (χ4v) is 4.38. The lowest BCUT2D eigenvalue weighted by Crippen LogP contribution is -2.41. The Hall–Kier alpha value is -3.96. The lowest BCUT2D eigenvalue weighted by molar-refractivity contribution is 0.101. The summed E-state index contributed by atoms with van der Waals surface area (Å²) in [6, 6.07) is 3.76. The molecule has 35 heavy (non-hydrogen) atoms. The summed E-state index contributed by atoms with van der Waals surface area (Å²) in [7, 11) is 1.61. The Morgan fingerprint density at radius 3 is 2.49 bits per heavy atom. The van der Waals surface area contributed by atoms with Crippen LogP contribution in [0.2, 0.25) is 0 Å². The zero-order valence-electron chi connectivity index (χ0n) is 19.2. The molecule has 3 aromatic heterocycles. The largest absolute Gasteiger partial charge is 0.465 e. The molecule has 0 bridgehead atoms. The van der Waals surface area contributed by atoms with Gasteiger partial charge in [-0.05, 0) is 44.6 Å². The predicted molar refractivity (Wildman–Crippen MR) is 127 cm³/mol. The van der Waals surface area contributed by atoms with Crippen LogP contribution in [0.5, 0.6) is 0 Å². The number of carbonyl (C=O) groups is 2. The smallest absolute Gasteiger partial charge is 0.407 e. The summed E-state index contributed by atoms with van der Waals surface area (Å²) < 4.78 is 15.5. The van der Waals surface area contributed by atoms with Crippen molar-refractivity contribution in [3.63, 3.8) is 0 Å². The van der Waals surface area contributed by atoms with E-state index in [-0.39, 0.29) is 23.5 Å². The predicted octanol–water partition coefficient (Wildman–Crippen LogP) is 3.42. The van der Waals surface area contributed by atoms with Crippen LogP contribution in [0, 0.1) is 5.82 Å². The Labute approximate surface area is 200 Å². The molecule has 2 fully saturated rings. The van der Waals surface area contributed by atoms with Gasteiger partial charge in [-0.3, -0.25) is 9.78 Å².